The number of carbonyl (C=O) groups excluding carboxylic acids is 1. The third-order valence-corrected chi connectivity index (χ3v) is 1.70. The summed E-state index contributed by atoms with van der Waals surface area (Å²) in [6, 6.07) is -1.28. The molecule has 0 rings (SSSR count). The minimum absolute atomic E-state index is 0. The molecule has 1 atom stereocenters. The summed E-state index contributed by atoms with van der Waals surface area (Å²) in [4.78, 5) is 32.1. The fourth-order valence-electron chi connectivity index (χ4n) is 1.05. The Labute approximate surface area is 155 Å². The van der Waals surface area contributed by atoms with Gasteiger partial charge in [-0.05, 0) is 13.8 Å². The molecule has 0 amide bonds. The van der Waals surface area contributed by atoms with E-state index in [1.54, 1.807) is 6.92 Å². The van der Waals surface area contributed by atoms with Crippen LogP contribution in [0.5, 0.6) is 0 Å². The van der Waals surface area contributed by atoms with E-state index in [9.17, 15) is 14.4 Å². The van der Waals surface area contributed by atoms with E-state index in [4.69, 9.17) is 10.2 Å². The molecule has 0 bridgehead atoms. The molecular formula is C10H17NNa2O6. The molecule has 7 nitrogen and oxygen atoms in total. The van der Waals surface area contributed by atoms with Crippen molar-refractivity contribution in [1.29, 1.82) is 0 Å². The van der Waals surface area contributed by atoms with Gasteiger partial charge in [0.25, 0.3) is 0 Å². The van der Waals surface area contributed by atoms with Crippen LogP contribution in [0.1, 0.15) is 20.3 Å². The molecule has 0 aliphatic heterocycles. The second kappa shape index (κ2) is 13.0. The van der Waals surface area contributed by atoms with Crippen LogP contribution < -0.4 is 5.32 Å². The predicted molar refractivity (Wildman–Crippen MR) is 71.5 cm³/mol. The summed E-state index contributed by atoms with van der Waals surface area (Å²) in [7, 11) is 0. The molecule has 0 spiro atoms. The number of carbonyl (C=O) groups is 3. The normalized spacial score (nSPS) is 11.4. The standard InChI is InChI=1S/C10H15NO6.2Na.2H/c1-3-17-9(14)4-6(2)11-7(10(15)16)5-8(12)13;;;;/h4,7,11H,3,5H2,1-2H3,(H,12,13)(H,15,16);;;;/b6-4+;;;;/t7-;;;;/m0..../s1. The summed E-state index contributed by atoms with van der Waals surface area (Å²) in [5.41, 5.74) is 0.233. The molecule has 0 heterocycles. The Morgan fingerprint density at radius 3 is 2.16 bits per heavy atom. The number of hydrogen-bond acceptors (Lipinski definition) is 5. The molecule has 3 N–H and O–H groups in total. The Kier molecular flexibility index (Phi) is 16.4. The monoisotopic (exact) mass is 293 g/mol. The van der Waals surface area contributed by atoms with Crippen molar-refractivity contribution in [3.8, 4) is 0 Å². The van der Waals surface area contributed by atoms with E-state index in [1.807, 2.05) is 0 Å². The van der Waals surface area contributed by atoms with Crippen LogP contribution in [0.2, 0.25) is 0 Å². The first-order valence-electron chi connectivity index (χ1n) is 4.93. The maximum atomic E-state index is 11.0. The molecule has 0 fully saturated rings. The van der Waals surface area contributed by atoms with E-state index in [0.717, 1.165) is 6.08 Å². The van der Waals surface area contributed by atoms with Crippen molar-refractivity contribution < 1.29 is 29.3 Å². The topological polar surface area (TPSA) is 113 Å². The number of esters is 1. The predicted octanol–water partition coefficient (Wildman–Crippen LogP) is -1.33. The average molecular weight is 293 g/mol. The van der Waals surface area contributed by atoms with Crippen molar-refractivity contribution in [3.05, 3.63) is 11.8 Å². The summed E-state index contributed by atoms with van der Waals surface area (Å²) in [5.74, 6) is -3.16. The molecule has 0 aliphatic rings. The van der Waals surface area contributed by atoms with Gasteiger partial charge in [0.15, 0.2) is 0 Å². The number of hydrogen-bond donors (Lipinski definition) is 3. The second-order valence-corrected chi connectivity index (χ2v) is 3.21. The van der Waals surface area contributed by atoms with Crippen LogP contribution in [-0.2, 0) is 19.1 Å². The third-order valence-electron chi connectivity index (χ3n) is 1.70. The number of ether oxygens (including phenoxy) is 1. The molecule has 0 saturated carbocycles. The Balaban J connectivity index is -0.00000128. The second-order valence-electron chi connectivity index (χ2n) is 3.21. The molecule has 19 heavy (non-hydrogen) atoms. The molecular weight excluding hydrogens is 276 g/mol. The van der Waals surface area contributed by atoms with Crippen molar-refractivity contribution in [2.24, 2.45) is 0 Å². The Bertz CT molecular complexity index is 345. The third kappa shape index (κ3) is 12.7. The maximum absolute atomic E-state index is 11.0. The van der Waals surface area contributed by atoms with Crippen LogP contribution in [0, 0.1) is 0 Å². The number of allylic oxidation sites excluding steroid dienone is 1. The van der Waals surface area contributed by atoms with Crippen LogP contribution in [0.3, 0.4) is 0 Å². The van der Waals surface area contributed by atoms with Gasteiger partial charge in [-0.2, -0.15) is 0 Å². The number of carboxylic acid groups (broad SMARTS) is 2. The number of rotatable bonds is 7. The van der Waals surface area contributed by atoms with Crippen LogP contribution >= 0.6 is 0 Å². The van der Waals surface area contributed by atoms with Gasteiger partial charge in [-0.15, -0.1) is 0 Å². The van der Waals surface area contributed by atoms with Crippen molar-refractivity contribution in [1.82, 2.24) is 5.32 Å². The van der Waals surface area contributed by atoms with E-state index >= 15 is 0 Å². The molecule has 0 unspecified atom stereocenters. The minimum atomic E-state index is -1.30. The SMILES string of the molecule is CCOC(=O)/C=C(\C)N[C@@H](CC(=O)O)C(=O)O.[NaH].[NaH]. The van der Waals surface area contributed by atoms with Crippen molar-refractivity contribution >= 4 is 77.0 Å². The zero-order chi connectivity index (χ0) is 13.4. The quantitative estimate of drug-likeness (QED) is 0.303. The molecule has 0 aromatic heterocycles. The van der Waals surface area contributed by atoms with Crippen molar-refractivity contribution in [2.45, 2.75) is 26.3 Å². The van der Waals surface area contributed by atoms with E-state index in [2.05, 4.69) is 10.1 Å². The number of nitrogens with one attached hydrogen (secondary N) is 1. The van der Waals surface area contributed by atoms with Gasteiger partial charge in [0.1, 0.15) is 6.04 Å². The fraction of sp³-hybridized carbons (Fsp3) is 0.500. The zero-order valence-electron chi connectivity index (χ0n) is 9.60. The van der Waals surface area contributed by atoms with Crippen molar-refractivity contribution in [2.75, 3.05) is 6.61 Å². The molecule has 9 heteroatoms. The average Bonchev–Trinajstić information content (AvgIpc) is 2.15. The first-order chi connectivity index (χ1) is 7.86. The first kappa shape index (κ1) is 24.0. The van der Waals surface area contributed by atoms with Gasteiger partial charge in [0.05, 0.1) is 13.0 Å². The van der Waals surface area contributed by atoms with Crippen LogP contribution in [-0.4, -0.2) is 99.9 Å². The molecule has 0 aliphatic carbocycles. The van der Waals surface area contributed by atoms with E-state index in [0.29, 0.717) is 0 Å². The first-order valence-corrected chi connectivity index (χ1v) is 4.93. The summed E-state index contributed by atoms with van der Waals surface area (Å²) in [6.45, 7) is 3.30. The Morgan fingerprint density at radius 1 is 1.26 bits per heavy atom. The van der Waals surface area contributed by atoms with Gasteiger partial charge >= 0.3 is 77.0 Å². The molecule has 0 radical (unpaired) electrons. The van der Waals surface area contributed by atoms with Gasteiger partial charge in [-0.3, -0.25) is 4.79 Å². The number of carboxylic acids is 2. The number of aliphatic carboxylic acids is 2. The van der Waals surface area contributed by atoms with Crippen LogP contribution in [0.15, 0.2) is 11.8 Å². The van der Waals surface area contributed by atoms with Gasteiger partial charge in [-0.1, -0.05) is 0 Å². The molecule has 0 aromatic rings. The van der Waals surface area contributed by atoms with E-state index in [-0.39, 0.29) is 71.4 Å². The fourth-order valence-corrected chi connectivity index (χ4v) is 1.05. The summed E-state index contributed by atoms with van der Waals surface area (Å²) < 4.78 is 4.62. The van der Waals surface area contributed by atoms with Crippen LogP contribution in [0.4, 0.5) is 0 Å². The summed E-state index contributed by atoms with van der Waals surface area (Å²) in [5, 5.41) is 19.7. The Hall–Kier alpha value is -0.0500. The van der Waals surface area contributed by atoms with Crippen molar-refractivity contribution in [3.63, 3.8) is 0 Å². The van der Waals surface area contributed by atoms with Gasteiger partial charge in [0, 0.05) is 11.8 Å². The van der Waals surface area contributed by atoms with E-state index < -0.39 is 30.4 Å². The Morgan fingerprint density at radius 2 is 1.79 bits per heavy atom. The zero-order valence-corrected chi connectivity index (χ0v) is 9.60. The molecule has 0 saturated heterocycles. The van der Waals surface area contributed by atoms with E-state index in [1.165, 1.54) is 6.92 Å². The molecule has 0 aromatic carbocycles. The molecule has 100 valence electrons. The summed E-state index contributed by atoms with van der Waals surface area (Å²) in [6.07, 6.45) is 0.491. The summed E-state index contributed by atoms with van der Waals surface area (Å²) >= 11 is 0. The van der Waals surface area contributed by atoms with Crippen LogP contribution in [0.25, 0.3) is 0 Å². The van der Waals surface area contributed by atoms with Gasteiger partial charge < -0.3 is 20.3 Å². The van der Waals surface area contributed by atoms with Gasteiger partial charge in [-0.25, -0.2) is 9.59 Å². The van der Waals surface area contributed by atoms with Gasteiger partial charge in [0.2, 0.25) is 0 Å².